The molecule has 1 amide bonds. The first-order valence-electron chi connectivity index (χ1n) is 6.29. The Morgan fingerprint density at radius 3 is 3.21 bits per heavy atom. The molecule has 0 aromatic carbocycles. The Bertz CT molecular complexity index is 470. The van der Waals surface area contributed by atoms with Gasteiger partial charge in [-0.3, -0.25) is 4.79 Å². The Balaban J connectivity index is 1.76. The minimum absolute atomic E-state index is 0.0215. The van der Waals surface area contributed by atoms with Crippen molar-refractivity contribution in [2.24, 2.45) is 5.11 Å². The van der Waals surface area contributed by atoms with E-state index in [1.165, 1.54) is 10.4 Å². The Labute approximate surface area is 120 Å². The van der Waals surface area contributed by atoms with Crippen molar-refractivity contribution < 1.29 is 4.79 Å². The third-order valence-corrected chi connectivity index (χ3v) is 5.13. The number of fused-ring (bicyclic) bond motifs is 1. The number of thiophene rings is 1. The lowest BCUT2D eigenvalue weighted by molar-refractivity contribution is 0.0957. The highest BCUT2D eigenvalue weighted by molar-refractivity contribution is 7.98. The minimum atomic E-state index is 0.0215. The van der Waals surface area contributed by atoms with E-state index in [9.17, 15) is 4.79 Å². The summed E-state index contributed by atoms with van der Waals surface area (Å²) < 4.78 is 0. The second-order valence-corrected chi connectivity index (χ2v) is 6.52. The number of thioether (sulfide) groups is 1. The molecule has 2 rings (SSSR count). The molecule has 0 aliphatic carbocycles. The molecule has 0 atom stereocenters. The number of rotatable bonds is 6. The molecule has 0 saturated heterocycles. The van der Waals surface area contributed by atoms with Gasteiger partial charge in [0, 0.05) is 28.6 Å². The lowest BCUT2D eigenvalue weighted by atomic mass is 10.2. The molecule has 0 bridgehead atoms. The molecule has 0 unspecified atom stereocenters. The molecule has 2 heterocycles. The van der Waals surface area contributed by atoms with Crippen LogP contribution in [0.2, 0.25) is 0 Å². The second-order valence-electron chi connectivity index (χ2n) is 4.28. The monoisotopic (exact) mass is 296 g/mol. The number of azide groups is 1. The number of nitrogens with one attached hydrogen (secondary N) is 1. The minimum Gasteiger partial charge on any atom is -0.351 e. The average molecular weight is 296 g/mol. The fourth-order valence-corrected chi connectivity index (χ4v) is 4.19. The third kappa shape index (κ3) is 4.16. The molecular weight excluding hydrogens is 280 g/mol. The van der Waals surface area contributed by atoms with Gasteiger partial charge in [-0.1, -0.05) is 5.11 Å². The molecule has 1 aliphatic rings. The number of amides is 1. The first-order chi connectivity index (χ1) is 9.31. The maximum Gasteiger partial charge on any atom is 0.261 e. The quantitative estimate of drug-likeness (QED) is 0.378. The van der Waals surface area contributed by atoms with Gasteiger partial charge in [0.05, 0.1) is 4.88 Å². The van der Waals surface area contributed by atoms with Crippen LogP contribution in [0.25, 0.3) is 10.4 Å². The lowest BCUT2D eigenvalue weighted by Crippen LogP contribution is -2.23. The van der Waals surface area contributed by atoms with Crippen molar-refractivity contribution in [3.05, 3.63) is 31.8 Å². The highest BCUT2D eigenvalue weighted by Crippen LogP contribution is 2.31. The maximum absolute atomic E-state index is 12.0. The Morgan fingerprint density at radius 1 is 1.53 bits per heavy atom. The molecule has 1 aromatic heterocycles. The highest BCUT2D eigenvalue weighted by Gasteiger charge is 2.16. The molecule has 0 saturated carbocycles. The van der Waals surface area contributed by atoms with Gasteiger partial charge in [-0.25, -0.2) is 0 Å². The Hall–Kier alpha value is -1.17. The summed E-state index contributed by atoms with van der Waals surface area (Å²) >= 11 is 3.55. The first-order valence-corrected chi connectivity index (χ1v) is 8.27. The van der Waals surface area contributed by atoms with Crippen molar-refractivity contribution >= 4 is 29.0 Å². The van der Waals surface area contributed by atoms with Crippen LogP contribution in [0.1, 0.15) is 33.0 Å². The van der Waals surface area contributed by atoms with E-state index in [-0.39, 0.29) is 5.91 Å². The zero-order valence-corrected chi connectivity index (χ0v) is 12.2. The first kappa shape index (κ1) is 14.2. The summed E-state index contributed by atoms with van der Waals surface area (Å²) in [6.07, 6.45) is 2.73. The van der Waals surface area contributed by atoms with Crippen molar-refractivity contribution in [3.8, 4) is 0 Å². The lowest BCUT2D eigenvalue weighted by Gasteiger charge is -2.08. The smallest absolute Gasteiger partial charge is 0.261 e. The summed E-state index contributed by atoms with van der Waals surface area (Å²) in [5.41, 5.74) is 9.46. The van der Waals surface area contributed by atoms with Crippen LogP contribution in [0.4, 0.5) is 0 Å². The van der Waals surface area contributed by atoms with Crippen molar-refractivity contribution in [2.75, 3.05) is 18.8 Å². The number of carbonyl (C=O) groups is 1. The van der Waals surface area contributed by atoms with Gasteiger partial charge >= 0.3 is 0 Å². The topological polar surface area (TPSA) is 77.9 Å². The summed E-state index contributed by atoms with van der Waals surface area (Å²) in [6.45, 7) is 1.13. The number of hydrogen-bond donors (Lipinski definition) is 1. The molecule has 0 fully saturated rings. The zero-order valence-electron chi connectivity index (χ0n) is 10.6. The summed E-state index contributed by atoms with van der Waals surface area (Å²) in [7, 11) is 0. The van der Waals surface area contributed by atoms with Gasteiger partial charge < -0.3 is 5.32 Å². The van der Waals surface area contributed by atoms with Crippen molar-refractivity contribution in [3.63, 3.8) is 0 Å². The van der Waals surface area contributed by atoms with E-state index in [1.54, 1.807) is 11.3 Å². The third-order valence-electron chi connectivity index (χ3n) is 2.89. The summed E-state index contributed by atoms with van der Waals surface area (Å²) in [5.74, 6) is 2.22. The van der Waals surface area contributed by atoms with Gasteiger partial charge in [-0.2, -0.15) is 11.8 Å². The van der Waals surface area contributed by atoms with Crippen molar-refractivity contribution in [1.82, 2.24) is 5.32 Å². The Morgan fingerprint density at radius 2 is 2.42 bits per heavy atom. The number of nitrogens with zero attached hydrogens (tertiary/aromatic N) is 3. The predicted octanol–water partition coefficient (Wildman–Crippen LogP) is 3.36. The summed E-state index contributed by atoms with van der Waals surface area (Å²) in [4.78, 5) is 16.8. The predicted molar refractivity (Wildman–Crippen MR) is 79.8 cm³/mol. The van der Waals surface area contributed by atoms with Gasteiger partial charge in [0.2, 0.25) is 0 Å². The van der Waals surface area contributed by atoms with E-state index in [0.717, 1.165) is 35.6 Å². The largest absolute Gasteiger partial charge is 0.351 e. The van der Waals surface area contributed by atoms with E-state index in [0.29, 0.717) is 13.1 Å². The molecule has 1 N–H and O–H groups in total. The van der Waals surface area contributed by atoms with Crippen LogP contribution in [0.15, 0.2) is 11.2 Å². The van der Waals surface area contributed by atoms with E-state index in [2.05, 4.69) is 15.3 Å². The zero-order chi connectivity index (χ0) is 13.5. The molecule has 7 heteroatoms. The normalized spacial score (nSPS) is 13.5. The van der Waals surface area contributed by atoms with Crippen LogP contribution < -0.4 is 5.32 Å². The van der Waals surface area contributed by atoms with E-state index in [1.807, 2.05) is 17.8 Å². The van der Waals surface area contributed by atoms with Crippen LogP contribution in [-0.2, 0) is 12.2 Å². The molecule has 19 heavy (non-hydrogen) atoms. The van der Waals surface area contributed by atoms with Crippen LogP contribution in [-0.4, -0.2) is 24.7 Å². The van der Waals surface area contributed by atoms with Crippen molar-refractivity contribution in [2.45, 2.75) is 25.0 Å². The van der Waals surface area contributed by atoms with E-state index in [4.69, 9.17) is 5.53 Å². The SMILES string of the molecule is [N-]=[N+]=NCCCCNC(=O)c1cc2c(s1)CCSC2. The van der Waals surface area contributed by atoms with Gasteiger partial charge in [-0.15, -0.1) is 11.3 Å². The van der Waals surface area contributed by atoms with Crippen LogP contribution in [0.5, 0.6) is 0 Å². The van der Waals surface area contributed by atoms with Crippen LogP contribution in [0.3, 0.4) is 0 Å². The molecule has 102 valence electrons. The molecule has 0 spiro atoms. The standard InChI is InChI=1S/C12H16N4OS2/c13-16-15-5-2-1-4-14-12(17)11-7-9-8-18-6-3-10(9)19-11/h7H,1-6,8H2,(H,14,17). The number of hydrogen-bond acceptors (Lipinski definition) is 4. The fourth-order valence-electron chi connectivity index (χ4n) is 1.90. The molecule has 0 radical (unpaired) electrons. The van der Waals surface area contributed by atoms with Crippen LogP contribution in [0, 0.1) is 0 Å². The van der Waals surface area contributed by atoms with Crippen LogP contribution >= 0.6 is 23.1 Å². The number of carbonyl (C=O) groups excluding carboxylic acids is 1. The van der Waals surface area contributed by atoms with Gasteiger partial charge in [0.1, 0.15) is 0 Å². The number of unbranched alkanes of at least 4 members (excludes halogenated alkanes) is 1. The fraction of sp³-hybridized carbons (Fsp3) is 0.583. The van der Waals surface area contributed by atoms with E-state index >= 15 is 0 Å². The summed E-state index contributed by atoms with van der Waals surface area (Å²) in [6, 6.07) is 2.03. The van der Waals surface area contributed by atoms with Gasteiger partial charge in [-0.05, 0) is 42.2 Å². The average Bonchev–Trinajstić information content (AvgIpc) is 2.86. The van der Waals surface area contributed by atoms with Gasteiger partial charge in [0.15, 0.2) is 0 Å². The summed E-state index contributed by atoms with van der Waals surface area (Å²) in [5, 5.41) is 6.37. The Kier molecular flexibility index (Phi) is 5.57. The molecule has 5 nitrogen and oxygen atoms in total. The maximum atomic E-state index is 12.0. The highest BCUT2D eigenvalue weighted by atomic mass is 32.2. The molecular formula is C12H16N4OS2. The molecule has 1 aliphatic heterocycles. The second kappa shape index (κ2) is 7.43. The number of aryl methyl sites for hydroxylation is 1. The van der Waals surface area contributed by atoms with Crippen molar-refractivity contribution in [1.29, 1.82) is 0 Å². The van der Waals surface area contributed by atoms with E-state index < -0.39 is 0 Å². The molecule has 1 aromatic rings. The van der Waals surface area contributed by atoms with Gasteiger partial charge in [0.25, 0.3) is 5.91 Å².